The number of hydrogen-bond donors (Lipinski definition) is 2. The molecule has 5 nitrogen and oxygen atoms in total. The fourth-order valence-corrected chi connectivity index (χ4v) is 2.84. The molecule has 1 aliphatic rings. The minimum atomic E-state index is 0.00585. The van der Waals surface area contributed by atoms with Crippen LogP contribution in [0.25, 0.3) is 11.3 Å². The van der Waals surface area contributed by atoms with Gasteiger partial charge in [-0.15, -0.1) is 0 Å². The number of anilines is 1. The van der Waals surface area contributed by atoms with Crippen molar-refractivity contribution in [2.75, 3.05) is 11.9 Å². The van der Waals surface area contributed by atoms with Crippen molar-refractivity contribution in [2.45, 2.75) is 32.4 Å². The zero-order chi connectivity index (χ0) is 15.7. The fraction of sp³-hybridized carbons (Fsp3) is 0.375. The first-order chi connectivity index (χ1) is 10.6. The Balaban J connectivity index is 1.95. The van der Waals surface area contributed by atoms with E-state index in [1.807, 2.05) is 12.1 Å². The van der Waals surface area contributed by atoms with Crippen LogP contribution in [0.3, 0.4) is 0 Å². The quantitative estimate of drug-likeness (QED) is 0.907. The SMILES string of the molecule is CC(C)Nc1cc(-c2cc(Cl)c3c(c2)CC(CN)O3)ncn1. The Kier molecular flexibility index (Phi) is 4.18. The van der Waals surface area contributed by atoms with Crippen molar-refractivity contribution in [2.24, 2.45) is 5.73 Å². The van der Waals surface area contributed by atoms with Crippen molar-refractivity contribution in [3.63, 3.8) is 0 Å². The Morgan fingerprint density at radius 1 is 1.36 bits per heavy atom. The maximum Gasteiger partial charge on any atom is 0.141 e. The van der Waals surface area contributed by atoms with Gasteiger partial charge < -0.3 is 15.8 Å². The summed E-state index contributed by atoms with van der Waals surface area (Å²) in [5, 5.41) is 3.87. The van der Waals surface area contributed by atoms with E-state index >= 15 is 0 Å². The van der Waals surface area contributed by atoms with Crippen LogP contribution < -0.4 is 15.8 Å². The minimum Gasteiger partial charge on any atom is -0.487 e. The number of halogens is 1. The second-order valence-corrected chi connectivity index (χ2v) is 6.12. The predicted octanol–water partition coefficient (Wildman–Crippen LogP) is 2.88. The molecule has 6 heteroatoms. The molecule has 1 aromatic carbocycles. The third-order valence-corrected chi connectivity index (χ3v) is 3.80. The van der Waals surface area contributed by atoms with Gasteiger partial charge in [0, 0.05) is 36.2 Å². The van der Waals surface area contributed by atoms with E-state index in [0.29, 0.717) is 17.6 Å². The topological polar surface area (TPSA) is 73.1 Å². The molecule has 3 rings (SSSR count). The summed E-state index contributed by atoms with van der Waals surface area (Å²) in [6.45, 7) is 4.62. The first-order valence-corrected chi connectivity index (χ1v) is 7.72. The summed E-state index contributed by atoms with van der Waals surface area (Å²) in [4.78, 5) is 8.58. The Morgan fingerprint density at radius 2 is 2.18 bits per heavy atom. The third kappa shape index (κ3) is 3.00. The van der Waals surface area contributed by atoms with Crippen LogP contribution in [0.1, 0.15) is 19.4 Å². The molecule has 0 amide bonds. The Hall–Kier alpha value is -1.85. The monoisotopic (exact) mass is 318 g/mol. The smallest absolute Gasteiger partial charge is 0.141 e. The second kappa shape index (κ2) is 6.10. The summed E-state index contributed by atoms with van der Waals surface area (Å²) in [5.74, 6) is 1.54. The maximum absolute atomic E-state index is 6.35. The number of fused-ring (bicyclic) bond motifs is 1. The summed E-state index contributed by atoms with van der Waals surface area (Å²) >= 11 is 6.35. The van der Waals surface area contributed by atoms with Crippen LogP contribution in [0, 0.1) is 0 Å². The largest absolute Gasteiger partial charge is 0.487 e. The van der Waals surface area contributed by atoms with Gasteiger partial charge in [-0.25, -0.2) is 9.97 Å². The lowest BCUT2D eigenvalue weighted by Gasteiger charge is -2.11. The van der Waals surface area contributed by atoms with Crippen LogP contribution >= 0.6 is 11.6 Å². The van der Waals surface area contributed by atoms with Crippen LogP contribution in [0.2, 0.25) is 5.02 Å². The van der Waals surface area contributed by atoms with Gasteiger partial charge in [-0.05, 0) is 26.0 Å². The van der Waals surface area contributed by atoms with E-state index in [4.69, 9.17) is 22.1 Å². The normalized spacial score (nSPS) is 16.5. The third-order valence-electron chi connectivity index (χ3n) is 3.51. The lowest BCUT2D eigenvalue weighted by Crippen LogP contribution is -2.24. The number of ether oxygens (including phenoxy) is 1. The number of benzene rings is 1. The van der Waals surface area contributed by atoms with Crippen molar-refractivity contribution in [1.82, 2.24) is 9.97 Å². The average molecular weight is 319 g/mol. The van der Waals surface area contributed by atoms with Gasteiger partial charge in [0.15, 0.2) is 0 Å². The van der Waals surface area contributed by atoms with Crippen LogP contribution in [0.4, 0.5) is 5.82 Å². The van der Waals surface area contributed by atoms with Gasteiger partial charge in [0.25, 0.3) is 0 Å². The molecule has 0 spiro atoms. The molecule has 2 heterocycles. The summed E-state index contributed by atoms with van der Waals surface area (Å²) < 4.78 is 5.75. The summed E-state index contributed by atoms with van der Waals surface area (Å²) in [6.07, 6.45) is 2.34. The van der Waals surface area contributed by atoms with Crippen molar-refractivity contribution in [3.05, 3.63) is 35.1 Å². The van der Waals surface area contributed by atoms with Crippen molar-refractivity contribution >= 4 is 17.4 Å². The summed E-state index contributed by atoms with van der Waals surface area (Å²) in [6, 6.07) is 6.18. The van der Waals surface area contributed by atoms with Gasteiger partial charge in [0.05, 0.1) is 10.7 Å². The molecule has 0 fully saturated rings. The number of nitrogens with zero attached hydrogens (tertiary/aromatic N) is 2. The molecule has 3 N–H and O–H groups in total. The molecule has 0 radical (unpaired) electrons. The molecule has 22 heavy (non-hydrogen) atoms. The van der Waals surface area contributed by atoms with Gasteiger partial charge in [-0.2, -0.15) is 0 Å². The Morgan fingerprint density at radius 3 is 2.91 bits per heavy atom. The standard InChI is InChI=1S/C16H19ClN4O/c1-9(2)21-15-6-14(19-8-20-15)10-3-11-4-12(7-18)22-16(11)13(17)5-10/h3,5-6,8-9,12H,4,7,18H2,1-2H3,(H,19,20,21). The van der Waals surface area contributed by atoms with Gasteiger partial charge in [0.1, 0.15) is 24.0 Å². The molecular weight excluding hydrogens is 300 g/mol. The lowest BCUT2D eigenvalue weighted by atomic mass is 10.0. The summed E-state index contributed by atoms with van der Waals surface area (Å²) in [7, 11) is 0. The number of nitrogens with one attached hydrogen (secondary N) is 1. The van der Waals surface area contributed by atoms with Crippen molar-refractivity contribution in [1.29, 1.82) is 0 Å². The van der Waals surface area contributed by atoms with Crippen molar-refractivity contribution < 1.29 is 4.74 Å². The van der Waals surface area contributed by atoms with E-state index in [9.17, 15) is 0 Å². The van der Waals surface area contributed by atoms with Gasteiger partial charge in [-0.3, -0.25) is 0 Å². The zero-order valence-electron chi connectivity index (χ0n) is 12.6. The molecule has 1 unspecified atom stereocenters. The van der Waals surface area contributed by atoms with Crippen LogP contribution in [-0.4, -0.2) is 28.7 Å². The minimum absolute atomic E-state index is 0.00585. The Bertz CT molecular complexity index is 690. The van der Waals surface area contributed by atoms with E-state index in [-0.39, 0.29) is 6.10 Å². The number of aromatic nitrogens is 2. The van der Waals surface area contributed by atoms with Gasteiger partial charge in [0.2, 0.25) is 0 Å². The zero-order valence-corrected chi connectivity index (χ0v) is 13.4. The molecular formula is C16H19ClN4O. The highest BCUT2D eigenvalue weighted by Gasteiger charge is 2.25. The highest BCUT2D eigenvalue weighted by molar-refractivity contribution is 6.32. The molecule has 1 aromatic heterocycles. The lowest BCUT2D eigenvalue weighted by molar-refractivity contribution is 0.241. The Labute approximate surface area is 134 Å². The molecule has 0 bridgehead atoms. The molecule has 0 aliphatic carbocycles. The molecule has 0 saturated heterocycles. The predicted molar refractivity (Wildman–Crippen MR) is 88.4 cm³/mol. The van der Waals surface area contributed by atoms with Gasteiger partial charge >= 0.3 is 0 Å². The molecule has 0 saturated carbocycles. The number of hydrogen-bond acceptors (Lipinski definition) is 5. The first-order valence-electron chi connectivity index (χ1n) is 7.35. The highest BCUT2D eigenvalue weighted by atomic mass is 35.5. The van der Waals surface area contributed by atoms with E-state index in [1.54, 1.807) is 6.33 Å². The summed E-state index contributed by atoms with van der Waals surface area (Å²) in [5.41, 5.74) is 8.55. The molecule has 116 valence electrons. The van der Waals surface area contributed by atoms with Crippen molar-refractivity contribution in [3.8, 4) is 17.0 Å². The highest BCUT2D eigenvalue weighted by Crippen LogP contribution is 2.39. The first kappa shape index (κ1) is 15.1. The van der Waals surface area contributed by atoms with Crippen LogP contribution in [0.15, 0.2) is 24.5 Å². The maximum atomic E-state index is 6.35. The second-order valence-electron chi connectivity index (χ2n) is 5.71. The van der Waals surface area contributed by atoms with E-state index in [0.717, 1.165) is 34.8 Å². The van der Waals surface area contributed by atoms with Gasteiger partial charge in [-0.1, -0.05) is 11.6 Å². The molecule has 1 aliphatic heterocycles. The van der Waals surface area contributed by atoms with Crippen LogP contribution in [-0.2, 0) is 6.42 Å². The van der Waals surface area contributed by atoms with E-state index in [1.165, 1.54) is 0 Å². The van der Waals surface area contributed by atoms with E-state index < -0.39 is 0 Å². The average Bonchev–Trinajstić information content (AvgIpc) is 2.90. The molecule has 1 atom stereocenters. The number of rotatable bonds is 4. The number of nitrogens with two attached hydrogens (primary N) is 1. The fourth-order valence-electron chi connectivity index (χ4n) is 2.56. The van der Waals surface area contributed by atoms with E-state index in [2.05, 4.69) is 35.2 Å². The van der Waals surface area contributed by atoms with Crippen LogP contribution in [0.5, 0.6) is 5.75 Å². The molecule has 2 aromatic rings.